The molecule has 4 heteroatoms. The van der Waals surface area contributed by atoms with E-state index in [9.17, 15) is 0 Å². The van der Waals surface area contributed by atoms with Crippen molar-refractivity contribution < 1.29 is 37.5 Å². The second kappa shape index (κ2) is 12.3. The molecule has 0 atom stereocenters. The Kier molecular flexibility index (Phi) is 13.5. The maximum absolute atomic E-state index is 2.36. The smallest absolute Gasteiger partial charge is 0.213 e. The van der Waals surface area contributed by atoms with Crippen molar-refractivity contribution in [3.8, 4) is 0 Å². The van der Waals surface area contributed by atoms with Crippen LogP contribution in [0.1, 0.15) is 83.1 Å². The Labute approximate surface area is 215 Å². The molecule has 0 aromatic heterocycles. The Balaban J connectivity index is 0. The zero-order valence-corrected chi connectivity index (χ0v) is 25.6. The van der Waals surface area contributed by atoms with E-state index in [0.29, 0.717) is 20.6 Å². The van der Waals surface area contributed by atoms with E-state index >= 15 is 0 Å². The maximum Gasteiger partial charge on any atom is 2.00 e. The minimum atomic E-state index is -0.101. The average Bonchev–Trinajstić information content (AvgIpc) is 3.06. The standard InChI is InChI=1S/2C13H22P.Fe.Pd/c2*1-12(2,3)14(13(4,5)6)11-9-7-8-10-11;;/h2*7-10H,1-6H3;;/q2*-1;2*+2. The van der Waals surface area contributed by atoms with E-state index in [1.54, 1.807) is 10.6 Å². The van der Waals surface area contributed by atoms with Crippen LogP contribution in [0, 0.1) is 0 Å². The molecule has 0 amide bonds. The molecule has 0 radical (unpaired) electrons. The molecule has 2 aromatic rings. The molecule has 0 N–H and O–H groups in total. The third kappa shape index (κ3) is 10.1. The normalized spacial score (nSPS) is 12.7. The Bertz CT molecular complexity index is 585. The Morgan fingerprint density at radius 1 is 0.433 bits per heavy atom. The van der Waals surface area contributed by atoms with Gasteiger partial charge < -0.3 is 0 Å². The summed E-state index contributed by atoms with van der Waals surface area (Å²) in [7, 11) is -0.202. The van der Waals surface area contributed by atoms with Crippen molar-refractivity contribution in [2.75, 3.05) is 0 Å². The number of hydrogen-bond acceptors (Lipinski definition) is 0. The molecule has 174 valence electrons. The van der Waals surface area contributed by atoms with Crippen molar-refractivity contribution >= 4 is 26.5 Å². The largest absolute Gasteiger partial charge is 2.00 e. The van der Waals surface area contributed by atoms with Gasteiger partial charge in [-0.1, -0.05) is 83.1 Å². The summed E-state index contributed by atoms with van der Waals surface area (Å²) in [5.74, 6) is 0. The van der Waals surface area contributed by atoms with Crippen LogP contribution in [0.3, 0.4) is 0 Å². The quantitative estimate of drug-likeness (QED) is 0.191. The summed E-state index contributed by atoms with van der Waals surface area (Å²) in [5, 5.41) is 4.65. The molecule has 0 heterocycles. The van der Waals surface area contributed by atoms with E-state index in [-0.39, 0.29) is 53.3 Å². The molecule has 0 spiro atoms. The predicted molar refractivity (Wildman–Crippen MR) is 136 cm³/mol. The van der Waals surface area contributed by atoms with Crippen LogP contribution in [0.15, 0.2) is 48.5 Å². The van der Waals surface area contributed by atoms with E-state index in [0.717, 1.165) is 0 Å². The van der Waals surface area contributed by atoms with Crippen LogP contribution in [0.25, 0.3) is 0 Å². The van der Waals surface area contributed by atoms with Gasteiger partial charge in [0.1, 0.15) is 0 Å². The summed E-state index contributed by atoms with van der Waals surface area (Å²) < 4.78 is 0. The first-order chi connectivity index (χ1) is 12.5. The minimum absolute atomic E-state index is 0. The van der Waals surface area contributed by atoms with E-state index in [1.807, 2.05) is 0 Å². The fourth-order valence-electron chi connectivity index (χ4n) is 4.59. The van der Waals surface area contributed by atoms with E-state index in [2.05, 4.69) is 132 Å². The van der Waals surface area contributed by atoms with Crippen molar-refractivity contribution in [2.24, 2.45) is 0 Å². The Hall–Kier alpha value is 0.742. The molecule has 0 saturated carbocycles. The fourth-order valence-corrected chi connectivity index (χ4v) is 12.7. The van der Waals surface area contributed by atoms with Gasteiger partial charge in [0.05, 0.1) is 0 Å². The summed E-state index contributed by atoms with van der Waals surface area (Å²) in [4.78, 5) is 0. The summed E-state index contributed by atoms with van der Waals surface area (Å²) >= 11 is 0. The van der Waals surface area contributed by atoms with Gasteiger partial charge in [0.15, 0.2) is 0 Å². The van der Waals surface area contributed by atoms with Gasteiger partial charge in [-0.05, 0) is 20.6 Å². The first-order valence-corrected chi connectivity index (χ1v) is 13.2. The second-order valence-corrected chi connectivity index (χ2v) is 19.4. The van der Waals surface area contributed by atoms with Gasteiger partial charge in [-0.3, -0.25) is 0 Å². The van der Waals surface area contributed by atoms with Gasteiger partial charge in [0, 0.05) is 0 Å². The number of rotatable bonds is 2. The average molecular weight is 581 g/mol. The zero-order valence-electron chi connectivity index (χ0n) is 21.2. The first-order valence-electron chi connectivity index (χ1n) is 10.5. The van der Waals surface area contributed by atoms with Gasteiger partial charge in [0.25, 0.3) is 0 Å². The van der Waals surface area contributed by atoms with Crippen molar-refractivity contribution in [2.45, 2.75) is 104 Å². The molecular formula is C26H44FeP2Pd+2. The summed E-state index contributed by atoms with van der Waals surface area (Å²) in [6.45, 7) is 28.3. The van der Waals surface area contributed by atoms with Crippen LogP contribution in [-0.2, 0) is 37.5 Å². The molecule has 2 aromatic carbocycles. The third-order valence-electron chi connectivity index (χ3n) is 4.49. The van der Waals surface area contributed by atoms with Crippen LogP contribution in [-0.4, -0.2) is 20.6 Å². The van der Waals surface area contributed by atoms with Gasteiger partial charge in [-0.25, -0.2) is 24.3 Å². The molecule has 2 rings (SSSR count). The van der Waals surface area contributed by atoms with Gasteiger partial charge in [-0.15, -0.1) is 26.5 Å². The van der Waals surface area contributed by atoms with Crippen molar-refractivity contribution in [3.05, 3.63) is 48.5 Å². The van der Waals surface area contributed by atoms with Crippen molar-refractivity contribution in [1.29, 1.82) is 0 Å². The zero-order chi connectivity index (χ0) is 22.0. The summed E-state index contributed by atoms with van der Waals surface area (Å²) in [6, 6.07) is 17.7. The van der Waals surface area contributed by atoms with Crippen LogP contribution >= 0.6 is 15.8 Å². The van der Waals surface area contributed by atoms with Crippen molar-refractivity contribution in [3.63, 3.8) is 0 Å². The Morgan fingerprint density at radius 2 is 0.600 bits per heavy atom. The molecule has 30 heavy (non-hydrogen) atoms. The van der Waals surface area contributed by atoms with Gasteiger partial charge >= 0.3 is 37.5 Å². The van der Waals surface area contributed by atoms with E-state index in [4.69, 9.17) is 0 Å². The molecule has 0 fully saturated rings. The minimum Gasteiger partial charge on any atom is -0.213 e. The van der Waals surface area contributed by atoms with Crippen LogP contribution in [0.5, 0.6) is 0 Å². The monoisotopic (exact) mass is 580 g/mol. The van der Waals surface area contributed by atoms with Gasteiger partial charge in [0.2, 0.25) is 0 Å². The summed E-state index contributed by atoms with van der Waals surface area (Å²) in [6.07, 6.45) is 0. The van der Waals surface area contributed by atoms with Gasteiger partial charge in [-0.2, -0.15) is 24.3 Å². The van der Waals surface area contributed by atoms with Crippen LogP contribution in [0.4, 0.5) is 0 Å². The Morgan fingerprint density at radius 3 is 0.733 bits per heavy atom. The molecular weight excluding hydrogens is 536 g/mol. The maximum atomic E-state index is 2.36. The third-order valence-corrected chi connectivity index (χ3v) is 11.5. The molecule has 0 nitrogen and oxygen atoms in total. The van der Waals surface area contributed by atoms with Crippen LogP contribution in [0.2, 0.25) is 0 Å². The number of hydrogen-bond donors (Lipinski definition) is 0. The molecule has 0 aliphatic carbocycles. The molecule has 0 saturated heterocycles. The molecule has 0 aliphatic rings. The molecule has 0 unspecified atom stereocenters. The van der Waals surface area contributed by atoms with Crippen molar-refractivity contribution in [1.82, 2.24) is 0 Å². The molecule has 0 aliphatic heterocycles. The van der Waals surface area contributed by atoms with E-state index < -0.39 is 0 Å². The molecule has 0 bridgehead atoms. The van der Waals surface area contributed by atoms with E-state index in [1.165, 1.54) is 0 Å². The summed E-state index contributed by atoms with van der Waals surface area (Å²) in [5.41, 5.74) is 0. The topological polar surface area (TPSA) is 0 Å². The SMILES string of the molecule is CC(C)(C)P([c-]1cccc1)C(C)(C)C.CC(C)(C)P([c-]1cccc1)C(C)(C)C.[Fe+2].[Pd+2]. The van der Waals surface area contributed by atoms with Crippen LogP contribution < -0.4 is 10.6 Å². The predicted octanol–water partition coefficient (Wildman–Crippen LogP) is 8.21. The first kappa shape index (κ1) is 32.9. The fraction of sp³-hybridized carbons (Fsp3) is 0.615. The second-order valence-electron chi connectivity index (χ2n) is 11.6.